The van der Waals surface area contributed by atoms with Crippen molar-refractivity contribution < 1.29 is 32.9 Å². The van der Waals surface area contributed by atoms with Gasteiger partial charge in [-0.25, -0.2) is 4.57 Å². The van der Waals surface area contributed by atoms with Crippen LogP contribution in [-0.4, -0.2) is 73.4 Å². The van der Waals surface area contributed by atoms with E-state index in [2.05, 4.69) is 19.2 Å². The second-order valence-corrected chi connectivity index (χ2v) is 31.7. The third-order valence-corrected chi connectivity index (χ3v) is 20.7. The molecular formula is C82H166N2O6P+. The van der Waals surface area contributed by atoms with E-state index in [9.17, 15) is 19.4 Å². The number of aliphatic hydroxyl groups excluding tert-OH is 1. The number of hydrogen-bond acceptors (Lipinski definition) is 5. The van der Waals surface area contributed by atoms with Gasteiger partial charge in [-0.05, 0) is 19.3 Å². The molecule has 0 aliphatic heterocycles. The maximum Gasteiger partial charge on any atom is 0.472 e. The van der Waals surface area contributed by atoms with E-state index in [0.29, 0.717) is 17.4 Å². The minimum Gasteiger partial charge on any atom is -0.387 e. The predicted octanol–water partition coefficient (Wildman–Crippen LogP) is 27.2. The highest BCUT2D eigenvalue weighted by atomic mass is 31.2. The number of unbranched alkanes of at least 4 members (excludes halogenated alkanes) is 66. The molecule has 91 heavy (non-hydrogen) atoms. The number of quaternary nitrogens is 1. The molecular weight excluding hydrogens is 1140 g/mol. The summed E-state index contributed by atoms with van der Waals surface area (Å²) in [5.74, 6) is -0.165. The second-order valence-electron chi connectivity index (χ2n) is 30.2. The number of nitrogens with one attached hydrogen (secondary N) is 1. The number of carbonyl (C=O) groups excluding carboxylic acids is 1. The van der Waals surface area contributed by atoms with Crippen molar-refractivity contribution in [2.75, 3.05) is 40.9 Å². The van der Waals surface area contributed by atoms with Crippen LogP contribution in [0, 0.1) is 0 Å². The van der Waals surface area contributed by atoms with Crippen molar-refractivity contribution in [3.05, 3.63) is 12.2 Å². The molecule has 0 bridgehead atoms. The molecule has 3 atom stereocenters. The average Bonchev–Trinajstić information content (AvgIpc) is 3.68. The molecule has 0 spiro atoms. The zero-order valence-corrected chi connectivity index (χ0v) is 63.5. The van der Waals surface area contributed by atoms with Gasteiger partial charge >= 0.3 is 7.82 Å². The maximum absolute atomic E-state index is 13.1. The van der Waals surface area contributed by atoms with Crippen molar-refractivity contribution in [1.29, 1.82) is 0 Å². The fraction of sp³-hybridized carbons (Fsp3) is 0.963. The Kier molecular flexibility index (Phi) is 72.9. The molecule has 1 amide bonds. The van der Waals surface area contributed by atoms with Gasteiger partial charge in [0.05, 0.1) is 39.9 Å². The van der Waals surface area contributed by atoms with Crippen LogP contribution < -0.4 is 5.32 Å². The van der Waals surface area contributed by atoms with E-state index < -0.39 is 20.0 Å². The van der Waals surface area contributed by atoms with Gasteiger partial charge in [-0.1, -0.05) is 443 Å². The summed E-state index contributed by atoms with van der Waals surface area (Å²) < 4.78 is 23.9. The lowest BCUT2D eigenvalue weighted by atomic mass is 10.0. The number of amides is 1. The summed E-state index contributed by atoms with van der Waals surface area (Å²) in [6.07, 6.45) is 97.2. The van der Waals surface area contributed by atoms with Crippen LogP contribution >= 0.6 is 7.82 Å². The highest BCUT2D eigenvalue weighted by molar-refractivity contribution is 7.47. The number of allylic oxidation sites excluding steroid dienone is 1. The first-order valence-electron chi connectivity index (χ1n) is 41.6. The molecule has 0 aromatic heterocycles. The van der Waals surface area contributed by atoms with E-state index in [1.807, 2.05) is 27.2 Å². The smallest absolute Gasteiger partial charge is 0.387 e. The Bertz CT molecular complexity index is 1490. The Hall–Kier alpha value is -0.760. The number of hydrogen-bond donors (Lipinski definition) is 3. The SMILES string of the molecule is CCCCCCCCCCCCCCCCCCCCCCCCCCCCCCCC/C=C/C(O)C(COP(=O)(O)OCC[N+](C)(C)C)NC(=O)CCCCCCCCCCCCCCCCCCCCCCCCCCCCCCCCCCCCCCC. The third-order valence-electron chi connectivity index (χ3n) is 19.8. The first-order chi connectivity index (χ1) is 44.5. The molecule has 0 aromatic carbocycles. The van der Waals surface area contributed by atoms with Crippen LogP contribution in [0.2, 0.25) is 0 Å². The summed E-state index contributed by atoms with van der Waals surface area (Å²) in [5.41, 5.74) is 0. The lowest BCUT2D eigenvalue weighted by Crippen LogP contribution is -2.45. The minimum atomic E-state index is -4.35. The van der Waals surface area contributed by atoms with Gasteiger partial charge in [0, 0.05) is 6.42 Å². The molecule has 0 rings (SSSR count). The van der Waals surface area contributed by atoms with Crippen LogP contribution in [0.15, 0.2) is 12.2 Å². The fourth-order valence-corrected chi connectivity index (χ4v) is 14.1. The Morgan fingerprint density at radius 2 is 0.582 bits per heavy atom. The zero-order valence-electron chi connectivity index (χ0n) is 62.6. The van der Waals surface area contributed by atoms with Gasteiger partial charge in [-0.2, -0.15) is 0 Å². The van der Waals surface area contributed by atoms with Crippen molar-refractivity contribution in [2.24, 2.45) is 0 Å². The quantitative estimate of drug-likeness (QED) is 0.0243. The number of nitrogens with zero attached hydrogens (tertiary/aromatic N) is 1. The van der Waals surface area contributed by atoms with Gasteiger partial charge in [0.1, 0.15) is 13.2 Å². The van der Waals surface area contributed by atoms with Crippen LogP contribution in [-0.2, 0) is 18.4 Å². The Labute approximate surface area is 571 Å². The van der Waals surface area contributed by atoms with Gasteiger partial charge in [0.25, 0.3) is 0 Å². The first kappa shape index (κ1) is 90.2. The third kappa shape index (κ3) is 76.5. The Morgan fingerprint density at radius 3 is 0.813 bits per heavy atom. The molecule has 3 unspecified atom stereocenters. The van der Waals surface area contributed by atoms with Gasteiger partial charge in [-0.3, -0.25) is 13.8 Å². The topological polar surface area (TPSA) is 105 Å². The number of likely N-dealkylation sites (N-methyl/N-ethyl adjacent to an activating group) is 1. The second kappa shape index (κ2) is 73.5. The minimum absolute atomic E-state index is 0.0657. The van der Waals surface area contributed by atoms with E-state index >= 15 is 0 Å². The van der Waals surface area contributed by atoms with Crippen LogP contribution in [0.25, 0.3) is 0 Å². The molecule has 0 saturated carbocycles. The Balaban J connectivity index is 3.90. The van der Waals surface area contributed by atoms with Crippen molar-refractivity contribution >= 4 is 13.7 Å². The number of carbonyl (C=O) groups is 1. The molecule has 0 fully saturated rings. The van der Waals surface area contributed by atoms with Crippen LogP contribution in [0.4, 0.5) is 0 Å². The number of phosphoric acid groups is 1. The fourth-order valence-electron chi connectivity index (χ4n) is 13.3. The van der Waals surface area contributed by atoms with Crippen molar-refractivity contribution in [3.8, 4) is 0 Å². The predicted molar refractivity (Wildman–Crippen MR) is 402 cm³/mol. The highest BCUT2D eigenvalue weighted by Crippen LogP contribution is 2.43. The van der Waals surface area contributed by atoms with E-state index in [1.54, 1.807) is 6.08 Å². The summed E-state index contributed by atoms with van der Waals surface area (Å²) in [5, 5.41) is 14.1. The van der Waals surface area contributed by atoms with Gasteiger partial charge in [0.15, 0.2) is 0 Å². The average molecular weight is 1310 g/mol. The molecule has 8 nitrogen and oxygen atoms in total. The van der Waals surface area contributed by atoms with Crippen molar-refractivity contribution in [2.45, 2.75) is 469 Å². The number of aliphatic hydroxyl groups is 1. The number of rotatable bonds is 79. The monoisotopic (exact) mass is 1310 g/mol. The van der Waals surface area contributed by atoms with E-state index in [0.717, 1.165) is 32.1 Å². The van der Waals surface area contributed by atoms with E-state index in [4.69, 9.17) is 9.05 Å². The molecule has 9 heteroatoms. The van der Waals surface area contributed by atoms with Crippen molar-refractivity contribution in [1.82, 2.24) is 5.32 Å². The summed E-state index contributed by atoms with van der Waals surface area (Å²) in [6, 6.07) is -0.845. The summed E-state index contributed by atoms with van der Waals surface area (Å²) in [6.45, 7) is 4.90. The Morgan fingerprint density at radius 1 is 0.363 bits per heavy atom. The van der Waals surface area contributed by atoms with E-state index in [-0.39, 0.29) is 19.1 Å². The standard InChI is InChI=1S/C82H165N2O6P/c1-6-8-10-12-14-16-18-20-22-24-26-28-30-32-34-36-38-40-41-42-43-44-46-48-50-52-54-56-58-60-62-64-66-68-70-72-74-76-82(86)83-80(79-90-91(87,88)89-78-77-84(3,4)5)81(85)75-73-71-69-67-65-63-61-59-57-55-53-51-49-47-45-39-37-35-33-31-29-27-25-23-21-19-17-15-13-11-9-7-2/h73,75,80-81,85H,6-72,74,76-79H2,1-5H3,(H-,83,86,87,88)/p+1/b75-73+. The van der Waals surface area contributed by atoms with Gasteiger partial charge in [0.2, 0.25) is 5.91 Å². The largest absolute Gasteiger partial charge is 0.472 e. The summed E-state index contributed by atoms with van der Waals surface area (Å²) in [7, 11) is 1.60. The van der Waals surface area contributed by atoms with Gasteiger partial charge in [-0.15, -0.1) is 0 Å². The van der Waals surface area contributed by atoms with Crippen molar-refractivity contribution in [3.63, 3.8) is 0 Å². The zero-order chi connectivity index (χ0) is 66.2. The molecule has 0 aliphatic rings. The summed E-state index contributed by atoms with van der Waals surface area (Å²) in [4.78, 5) is 23.5. The molecule has 3 N–H and O–H groups in total. The maximum atomic E-state index is 13.1. The van der Waals surface area contributed by atoms with Gasteiger partial charge < -0.3 is 19.8 Å². The highest BCUT2D eigenvalue weighted by Gasteiger charge is 2.28. The lowest BCUT2D eigenvalue weighted by molar-refractivity contribution is -0.870. The molecule has 0 saturated heterocycles. The van der Waals surface area contributed by atoms with Crippen LogP contribution in [0.3, 0.4) is 0 Å². The van der Waals surface area contributed by atoms with Crippen LogP contribution in [0.1, 0.15) is 457 Å². The molecule has 0 radical (unpaired) electrons. The molecule has 0 heterocycles. The normalized spacial score (nSPS) is 13.4. The lowest BCUT2D eigenvalue weighted by Gasteiger charge is -2.25. The first-order valence-corrected chi connectivity index (χ1v) is 43.1. The number of phosphoric ester groups is 1. The van der Waals surface area contributed by atoms with Crippen LogP contribution in [0.5, 0.6) is 0 Å². The molecule has 0 aliphatic carbocycles. The molecule has 544 valence electrons. The van der Waals surface area contributed by atoms with E-state index in [1.165, 1.54) is 405 Å². The molecule has 0 aromatic rings. The summed E-state index contributed by atoms with van der Waals surface area (Å²) >= 11 is 0.